The van der Waals surface area contributed by atoms with E-state index < -0.39 is 30.2 Å². The van der Waals surface area contributed by atoms with Crippen LogP contribution >= 0.6 is 0 Å². The van der Waals surface area contributed by atoms with Crippen LogP contribution in [0.4, 0.5) is 5.69 Å². The van der Waals surface area contributed by atoms with Crippen molar-refractivity contribution < 1.29 is 37.8 Å². The van der Waals surface area contributed by atoms with Gasteiger partial charge in [0.15, 0.2) is 12.4 Å². The molecule has 0 aliphatic carbocycles. The second-order valence-electron chi connectivity index (χ2n) is 7.53. The SMILES string of the molecule is COc1cccc(N2CC(C(=O)OCC(=O)c3ccc(OC(=O)c4ccco4)cc3)CC2=O)c1. The van der Waals surface area contributed by atoms with Gasteiger partial charge < -0.3 is 23.5 Å². The maximum atomic E-state index is 12.5. The summed E-state index contributed by atoms with van der Waals surface area (Å²) in [6.45, 7) is -0.303. The number of amides is 1. The Hall–Kier alpha value is -4.40. The molecule has 0 radical (unpaired) electrons. The maximum Gasteiger partial charge on any atom is 0.379 e. The van der Waals surface area contributed by atoms with Crippen molar-refractivity contribution in [3.8, 4) is 11.5 Å². The van der Waals surface area contributed by atoms with Crippen LogP contribution in [0.1, 0.15) is 27.3 Å². The molecule has 1 saturated heterocycles. The Bertz CT molecular complexity index is 1200. The van der Waals surface area contributed by atoms with Gasteiger partial charge in [0.1, 0.15) is 11.5 Å². The minimum Gasteiger partial charge on any atom is -0.497 e. The Morgan fingerprint density at radius 2 is 1.82 bits per heavy atom. The van der Waals surface area contributed by atoms with Crippen LogP contribution in [0.25, 0.3) is 0 Å². The quantitative estimate of drug-likeness (QED) is 0.284. The van der Waals surface area contributed by atoms with E-state index in [0.717, 1.165) is 0 Å². The third kappa shape index (κ3) is 5.15. The number of hydrogen-bond acceptors (Lipinski definition) is 8. The number of carbonyl (C=O) groups excluding carboxylic acids is 4. The largest absolute Gasteiger partial charge is 0.497 e. The average Bonchev–Trinajstić information content (AvgIpc) is 3.53. The third-order valence-corrected chi connectivity index (χ3v) is 5.28. The minimum absolute atomic E-state index is 0.0000330. The van der Waals surface area contributed by atoms with Crippen molar-refractivity contribution >= 4 is 29.3 Å². The van der Waals surface area contributed by atoms with Crippen molar-refractivity contribution in [2.75, 3.05) is 25.2 Å². The Morgan fingerprint density at radius 3 is 2.53 bits per heavy atom. The van der Waals surface area contributed by atoms with E-state index in [1.54, 1.807) is 30.3 Å². The zero-order chi connectivity index (χ0) is 24.1. The molecule has 0 N–H and O–H groups in total. The topological polar surface area (TPSA) is 112 Å². The summed E-state index contributed by atoms with van der Waals surface area (Å²) >= 11 is 0. The predicted molar refractivity (Wildman–Crippen MR) is 119 cm³/mol. The minimum atomic E-state index is -0.671. The van der Waals surface area contributed by atoms with E-state index in [0.29, 0.717) is 11.4 Å². The molecule has 1 aliphatic rings. The molecule has 4 rings (SSSR count). The van der Waals surface area contributed by atoms with E-state index in [1.165, 1.54) is 48.6 Å². The third-order valence-electron chi connectivity index (χ3n) is 5.28. The van der Waals surface area contributed by atoms with E-state index in [2.05, 4.69) is 0 Å². The number of furan rings is 1. The van der Waals surface area contributed by atoms with E-state index in [9.17, 15) is 19.2 Å². The number of methoxy groups -OCH3 is 1. The summed E-state index contributed by atoms with van der Waals surface area (Å²) in [5.74, 6) is -1.69. The summed E-state index contributed by atoms with van der Waals surface area (Å²) in [4.78, 5) is 50.7. The zero-order valence-electron chi connectivity index (χ0n) is 18.3. The summed E-state index contributed by atoms with van der Waals surface area (Å²) in [5.41, 5.74) is 0.912. The Morgan fingerprint density at radius 1 is 1.03 bits per heavy atom. The molecule has 3 aromatic rings. The highest BCUT2D eigenvalue weighted by atomic mass is 16.5. The van der Waals surface area contributed by atoms with Crippen LogP contribution in [0.5, 0.6) is 11.5 Å². The number of rotatable bonds is 8. The first-order valence-electron chi connectivity index (χ1n) is 10.4. The monoisotopic (exact) mass is 463 g/mol. The van der Waals surface area contributed by atoms with Crippen LogP contribution in [0, 0.1) is 5.92 Å². The number of ketones is 1. The molecule has 9 heteroatoms. The molecule has 1 amide bonds. The Kier molecular flexibility index (Phi) is 6.72. The number of hydrogen-bond donors (Lipinski definition) is 0. The predicted octanol–water partition coefficient (Wildman–Crippen LogP) is 3.29. The highest BCUT2D eigenvalue weighted by Crippen LogP contribution is 2.28. The molecule has 0 saturated carbocycles. The molecule has 0 bridgehead atoms. The Labute approximate surface area is 194 Å². The normalized spacial score (nSPS) is 15.1. The smallest absolute Gasteiger partial charge is 0.379 e. The van der Waals surface area contributed by atoms with E-state index >= 15 is 0 Å². The standard InChI is InChI=1S/C25H21NO8/c1-31-20-5-2-4-18(13-20)26-14-17(12-23(26)28)24(29)33-15-21(27)16-7-9-19(10-8-16)34-25(30)22-6-3-11-32-22/h2-11,13,17H,12,14-15H2,1H3. The summed E-state index contributed by atoms with van der Waals surface area (Å²) in [7, 11) is 1.53. The fraction of sp³-hybridized carbons (Fsp3) is 0.200. The van der Waals surface area contributed by atoms with Gasteiger partial charge in [0.05, 0.1) is 19.3 Å². The van der Waals surface area contributed by atoms with Gasteiger partial charge in [0.25, 0.3) is 0 Å². The molecule has 2 aromatic carbocycles. The van der Waals surface area contributed by atoms with Crippen LogP contribution in [-0.4, -0.2) is 43.9 Å². The highest BCUT2D eigenvalue weighted by molar-refractivity contribution is 6.01. The highest BCUT2D eigenvalue weighted by Gasteiger charge is 2.36. The van der Waals surface area contributed by atoms with Gasteiger partial charge in [-0.15, -0.1) is 0 Å². The van der Waals surface area contributed by atoms with Gasteiger partial charge in [-0.05, 0) is 48.5 Å². The molecule has 34 heavy (non-hydrogen) atoms. The first-order chi connectivity index (χ1) is 16.4. The van der Waals surface area contributed by atoms with Crippen molar-refractivity contribution in [1.29, 1.82) is 0 Å². The molecule has 0 spiro atoms. The summed E-state index contributed by atoms with van der Waals surface area (Å²) < 4.78 is 20.5. The lowest BCUT2D eigenvalue weighted by Crippen LogP contribution is -2.27. The van der Waals surface area contributed by atoms with Crippen molar-refractivity contribution in [3.63, 3.8) is 0 Å². The van der Waals surface area contributed by atoms with Gasteiger partial charge >= 0.3 is 11.9 Å². The fourth-order valence-corrected chi connectivity index (χ4v) is 3.49. The number of ether oxygens (including phenoxy) is 3. The van der Waals surface area contributed by atoms with Crippen LogP contribution in [0.2, 0.25) is 0 Å². The summed E-state index contributed by atoms with van der Waals surface area (Å²) in [6, 6.07) is 15.9. The molecule has 174 valence electrons. The van der Waals surface area contributed by atoms with Gasteiger partial charge in [0.2, 0.25) is 11.7 Å². The summed E-state index contributed by atoms with van der Waals surface area (Å²) in [5, 5.41) is 0. The number of benzene rings is 2. The lowest BCUT2D eigenvalue weighted by Gasteiger charge is -2.17. The molecular weight excluding hydrogens is 442 g/mol. The maximum absolute atomic E-state index is 12.5. The second kappa shape index (κ2) is 10.0. The summed E-state index contributed by atoms with van der Waals surface area (Å²) in [6.07, 6.45) is 1.36. The lowest BCUT2D eigenvalue weighted by molar-refractivity contribution is -0.147. The van der Waals surface area contributed by atoms with Gasteiger partial charge in [-0.25, -0.2) is 4.79 Å². The molecule has 2 heterocycles. The molecule has 1 fully saturated rings. The first-order valence-corrected chi connectivity index (χ1v) is 10.4. The van der Waals surface area contributed by atoms with Gasteiger partial charge in [-0.2, -0.15) is 0 Å². The average molecular weight is 463 g/mol. The van der Waals surface area contributed by atoms with E-state index in [-0.39, 0.29) is 35.9 Å². The molecular formula is C25H21NO8. The van der Waals surface area contributed by atoms with Gasteiger partial charge in [0, 0.05) is 30.3 Å². The van der Waals surface area contributed by atoms with Crippen molar-refractivity contribution in [2.45, 2.75) is 6.42 Å². The molecule has 1 aromatic heterocycles. The van der Waals surface area contributed by atoms with Crippen LogP contribution in [0.15, 0.2) is 71.3 Å². The van der Waals surface area contributed by atoms with Crippen LogP contribution in [0.3, 0.4) is 0 Å². The fourth-order valence-electron chi connectivity index (χ4n) is 3.49. The zero-order valence-corrected chi connectivity index (χ0v) is 18.3. The second-order valence-corrected chi connectivity index (χ2v) is 7.53. The van der Waals surface area contributed by atoms with E-state index in [4.69, 9.17) is 18.6 Å². The number of esters is 2. The number of anilines is 1. The molecule has 1 atom stereocenters. The van der Waals surface area contributed by atoms with Crippen LogP contribution in [-0.2, 0) is 14.3 Å². The molecule has 9 nitrogen and oxygen atoms in total. The van der Waals surface area contributed by atoms with Crippen LogP contribution < -0.4 is 14.4 Å². The van der Waals surface area contributed by atoms with Crippen molar-refractivity contribution in [3.05, 3.63) is 78.3 Å². The van der Waals surface area contributed by atoms with E-state index in [1.807, 2.05) is 0 Å². The number of nitrogens with zero attached hydrogens (tertiary/aromatic N) is 1. The van der Waals surface area contributed by atoms with Crippen molar-refractivity contribution in [2.24, 2.45) is 5.92 Å². The molecule has 1 unspecified atom stereocenters. The lowest BCUT2D eigenvalue weighted by atomic mass is 10.1. The first kappa shape index (κ1) is 22.8. The number of carbonyl (C=O) groups is 4. The van der Waals surface area contributed by atoms with Gasteiger partial charge in [-0.3, -0.25) is 14.4 Å². The number of Topliss-reactive ketones (excluding diaryl/α,β-unsaturated/α-hetero) is 1. The Balaban J connectivity index is 1.29. The molecule has 1 aliphatic heterocycles. The van der Waals surface area contributed by atoms with Gasteiger partial charge in [-0.1, -0.05) is 6.07 Å². The van der Waals surface area contributed by atoms with Crippen molar-refractivity contribution in [1.82, 2.24) is 0 Å².